The van der Waals surface area contributed by atoms with Crippen LogP contribution in [0.4, 0.5) is 5.95 Å². The van der Waals surface area contributed by atoms with Gasteiger partial charge in [-0.15, -0.1) is 0 Å². The summed E-state index contributed by atoms with van der Waals surface area (Å²) in [7, 11) is 1.67. The number of methoxy groups -OCH3 is 1. The van der Waals surface area contributed by atoms with E-state index in [1.807, 2.05) is 19.1 Å². The van der Waals surface area contributed by atoms with E-state index in [-0.39, 0.29) is 17.9 Å². The SMILES string of the molecule is COc1ccc([C@H]2[C@H]3CN(c4noc(C)n4)C[C@H]3CN2C(=O)C2CCOCC2)cc1. The van der Waals surface area contributed by atoms with Crippen LogP contribution in [0.1, 0.15) is 30.3 Å². The Morgan fingerprint density at radius 2 is 1.90 bits per heavy atom. The molecule has 0 aliphatic carbocycles. The molecular formula is C22H28N4O4. The van der Waals surface area contributed by atoms with Crippen LogP contribution in [0, 0.1) is 24.7 Å². The van der Waals surface area contributed by atoms with E-state index in [2.05, 4.69) is 32.1 Å². The van der Waals surface area contributed by atoms with Gasteiger partial charge in [0, 0.05) is 57.5 Å². The lowest BCUT2D eigenvalue weighted by Gasteiger charge is -2.33. The van der Waals surface area contributed by atoms with Gasteiger partial charge in [-0.2, -0.15) is 4.98 Å². The summed E-state index contributed by atoms with van der Waals surface area (Å²) in [5.41, 5.74) is 1.16. The number of likely N-dealkylation sites (tertiary alicyclic amines) is 1. The molecule has 0 bridgehead atoms. The molecular weight excluding hydrogens is 384 g/mol. The molecule has 1 amide bonds. The van der Waals surface area contributed by atoms with E-state index >= 15 is 0 Å². The van der Waals surface area contributed by atoms with Crippen molar-refractivity contribution in [2.45, 2.75) is 25.8 Å². The molecule has 2 aromatic rings. The van der Waals surface area contributed by atoms with Crippen molar-refractivity contribution >= 4 is 11.9 Å². The first-order valence-electron chi connectivity index (χ1n) is 10.7. The highest BCUT2D eigenvalue weighted by atomic mass is 16.5. The van der Waals surface area contributed by atoms with E-state index in [4.69, 9.17) is 14.0 Å². The number of benzene rings is 1. The van der Waals surface area contributed by atoms with Gasteiger partial charge in [0.1, 0.15) is 5.75 Å². The lowest BCUT2D eigenvalue weighted by atomic mass is 9.89. The first kappa shape index (κ1) is 19.4. The Balaban J connectivity index is 1.42. The van der Waals surface area contributed by atoms with Crippen molar-refractivity contribution < 1.29 is 18.8 Å². The fourth-order valence-corrected chi connectivity index (χ4v) is 5.26. The van der Waals surface area contributed by atoms with Crippen molar-refractivity contribution in [3.05, 3.63) is 35.7 Å². The van der Waals surface area contributed by atoms with Crippen molar-refractivity contribution in [1.29, 1.82) is 0 Å². The molecule has 1 aromatic heterocycles. The molecule has 30 heavy (non-hydrogen) atoms. The second-order valence-electron chi connectivity index (χ2n) is 8.54. The predicted octanol–water partition coefficient (Wildman–Crippen LogP) is 2.45. The van der Waals surface area contributed by atoms with Crippen LogP contribution in [-0.4, -0.2) is 60.9 Å². The lowest BCUT2D eigenvalue weighted by Crippen LogP contribution is -2.41. The number of hydrogen-bond acceptors (Lipinski definition) is 7. The summed E-state index contributed by atoms with van der Waals surface area (Å²) in [6.07, 6.45) is 1.63. The molecule has 8 heteroatoms. The Morgan fingerprint density at radius 3 is 2.57 bits per heavy atom. The zero-order chi connectivity index (χ0) is 20.7. The zero-order valence-corrected chi connectivity index (χ0v) is 17.5. The largest absolute Gasteiger partial charge is 0.497 e. The van der Waals surface area contributed by atoms with Crippen molar-refractivity contribution in [1.82, 2.24) is 15.0 Å². The van der Waals surface area contributed by atoms with Gasteiger partial charge < -0.3 is 23.8 Å². The third-order valence-electron chi connectivity index (χ3n) is 6.77. The molecule has 0 unspecified atom stereocenters. The fourth-order valence-electron chi connectivity index (χ4n) is 5.26. The highest BCUT2D eigenvalue weighted by Crippen LogP contribution is 2.46. The smallest absolute Gasteiger partial charge is 0.266 e. The van der Waals surface area contributed by atoms with Crippen molar-refractivity contribution in [2.75, 3.05) is 44.9 Å². The average molecular weight is 412 g/mol. The van der Waals surface area contributed by atoms with Crippen LogP contribution in [0.15, 0.2) is 28.8 Å². The van der Waals surface area contributed by atoms with E-state index in [1.54, 1.807) is 7.11 Å². The number of carbonyl (C=O) groups is 1. The Hall–Kier alpha value is -2.61. The minimum Gasteiger partial charge on any atom is -0.497 e. The molecule has 1 aromatic carbocycles. The highest BCUT2D eigenvalue weighted by molar-refractivity contribution is 5.80. The fraction of sp³-hybridized carbons (Fsp3) is 0.591. The summed E-state index contributed by atoms with van der Waals surface area (Å²) in [5.74, 6) is 3.11. The molecule has 5 rings (SSSR count). The standard InChI is InChI=1S/C22H28N4O4/c1-14-23-22(24-30-14)25-11-17-12-26(21(27)16-7-9-29-10-8-16)20(19(17)13-25)15-3-5-18(28-2)6-4-15/h3-6,16-17,19-20H,7-13H2,1-2H3/t17-,19-,20-/m0/s1. The predicted molar refractivity (Wildman–Crippen MR) is 109 cm³/mol. The van der Waals surface area contributed by atoms with E-state index in [0.29, 0.717) is 36.9 Å². The second-order valence-corrected chi connectivity index (χ2v) is 8.54. The summed E-state index contributed by atoms with van der Waals surface area (Å²) in [6.45, 7) is 5.59. The maximum Gasteiger partial charge on any atom is 0.266 e. The number of rotatable bonds is 4. The van der Waals surface area contributed by atoms with Crippen LogP contribution in [0.5, 0.6) is 5.75 Å². The number of aromatic nitrogens is 2. The van der Waals surface area contributed by atoms with Gasteiger partial charge in [-0.05, 0) is 35.7 Å². The van der Waals surface area contributed by atoms with Gasteiger partial charge in [0.25, 0.3) is 5.95 Å². The van der Waals surface area contributed by atoms with E-state index < -0.39 is 0 Å². The average Bonchev–Trinajstić information content (AvgIpc) is 3.48. The zero-order valence-electron chi connectivity index (χ0n) is 17.5. The molecule has 0 spiro atoms. The first-order valence-corrected chi connectivity index (χ1v) is 10.7. The minimum atomic E-state index is 0.0502. The normalized spacial score (nSPS) is 26.8. The van der Waals surface area contributed by atoms with Crippen LogP contribution >= 0.6 is 0 Å². The number of carbonyl (C=O) groups excluding carboxylic acids is 1. The molecule has 0 radical (unpaired) electrons. The maximum absolute atomic E-state index is 13.5. The third kappa shape index (κ3) is 3.43. The van der Waals surface area contributed by atoms with Crippen LogP contribution in [-0.2, 0) is 9.53 Å². The minimum absolute atomic E-state index is 0.0502. The van der Waals surface area contributed by atoms with Gasteiger partial charge in [-0.25, -0.2) is 0 Å². The topological polar surface area (TPSA) is 80.9 Å². The number of ether oxygens (including phenoxy) is 2. The monoisotopic (exact) mass is 412 g/mol. The molecule has 0 saturated carbocycles. The molecule has 3 aliphatic rings. The van der Waals surface area contributed by atoms with Gasteiger partial charge >= 0.3 is 0 Å². The molecule has 160 valence electrons. The van der Waals surface area contributed by atoms with Gasteiger partial charge in [0.05, 0.1) is 13.2 Å². The van der Waals surface area contributed by atoms with Crippen LogP contribution in [0.3, 0.4) is 0 Å². The Kier molecular flexibility index (Phi) is 5.10. The number of nitrogens with zero attached hydrogens (tertiary/aromatic N) is 4. The number of amides is 1. The van der Waals surface area contributed by atoms with Crippen molar-refractivity contribution in [2.24, 2.45) is 17.8 Å². The van der Waals surface area contributed by atoms with E-state index in [0.717, 1.165) is 43.8 Å². The van der Waals surface area contributed by atoms with Crippen LogP contribution in [0.25, 0.3) is 0 Å². The Bertz CT molecular complexity index is 893. The summed E-state index contributed by atoms with van der Waals surface area (Å²) in [5, 5.41) is 4.10. The molecule has 8 nitrogen and oxygen atoms in total. The summed E-state index contributed by atoms with van der Waals surface area (Å²) >= 11 is 0. The Morgan fingerprint density at radius 1 is 1.13 bits per heavy atom. The maximum atomic E-state index is 13.5. The van der Waals surface area contributed by atoms with Gasteiger partial charge in [0.2, 0.25) is 11.8 Å². The highest BCUT2D eigenvalue weighted by Gasteiger charge is 2.50. The molecule has 3 fully saturated rings. The quantitative estimate of drug-likeness (QED) is 0.763. The van der Waals surface area contributed by atoms with Crippen LogP contribution in [0.2, 0.25) is 0 Å². The second kappa shape index (κ2) is 7.91. The van der Waals surface area contributed by atoms with Gasteiger partial charge in [-0.3, -0.25) is 4.79 Å². The number of aryl methyl sites for hydroxylation is 1. The number of hydrogen-bond donors (Lipinski definition) is 0. The van der Waals surface area contributed by atoms with Crippen LogP contribution < -0.4 is 9.64 Å². The Labute approximate surface area is 176 Å². The molecule has 3 saturated heterocycles. The van der Waals surface area contributed by atoms with E-state index in [1.165, 1.54) is 0 Å². The van der Waals surface area contributed by atoms with Gasteiger partial charge in [-0.1, -0.05) is 12.1 Å². The number of fused-ring (bicyclic) bond motifs is 1. The summed E-state index contributed by atoms with van der Waals surface area (Å²) in [4.78, 5) is 22.2. The van der Waals surface area contributed by atoms with E-state index in [9.17, 15) is 4.79 Å². The molecule has 3 atom stereocenters. The molecule has 4 heterocycles. The van der Waals surface area contributed by atoms with Crippen molar-refractivity contribution in [3.8, 4) is 5.75 Å². The van der Waals surface area contributed by atoms with Crippen molar-refractivity contribution in [3.63, 3.8) is 0 Å². The first-order chi connectivity index (χ1) is 14.6. The molecule has 0 N–H and O–H groups in total. The third-order valence-corrected chi connectivity index (χ3v) is 6.77. The molecule has 3 aliphatic heterocycles. The summed E-state index contributed by atoms with van der Waals surface area (Å²) < 4.78 is 16.0. The number of anilines is 1. The lowest BCUT2D eigenvalue weighted by molar-refractivity contribution is -0.140. The van der Waals surface area contributed by atoms with Gasteiger partial charge in [0.15, 0.2) is 0 Å². The summed E-state index contributed by atoms with van der Waals surface area (Å²) in [6, 6.07) is 8.20.